The number of nitrogens with zero attached hydrogens (tertiary/aromatic N) is 1. The van der Waals surface area contributed by atoms with Gasteiger partial charge in [0.2, 0.25) is 5.89 Å². The van der Waals surface area contributed by atoms with E-state index in [4.69, 9.17) is 14.1 Å². The minimum Gasteiger partial charge on any atom is -0.549 e. The average Bonchev–Trinajstić information content (AvgIpc) is 3.25. The van der Waals surface area contributed by atoms with Crippen LogP contribution in [0.3, 0.4) is 0 Å². The van der Waals surface area contributed by atoms with Crippen LogP contribution in [0.2, 0.25) is 0 Å². The van der Waals surface area contributed by atoms with Crippen molar-refractivity contribution in [3.05, 3.63) is 60.2 Å². The first-order valence-corrected chi connectivity index (χ1v) is 12.1. The number of oxazole rings is 1. The molecule has 0 saturated heterocycles. The second-order valence-corrected chi connectivity index (χ2v) is 10.0. The zero-order valence-electron chi connectivity index (χ0n) is 22.7. The predicted octanol–water partition coefficient (Wildman–Crippen LogP) is -1.99. The summed E-state index contributed by atoms with van der Waals surface area (Å²) in [5.41, 5.74) is 3.40. The molecule has 0 aliphatic rings. The summed E-state index contributed by atoms with van der Waals surface area (Å²) in [6, 6.07) is 18.0. The molecule has 0 radical (unpaired) electrons. The van der Waals surface area contributed by atoms with Crippen molar-refractivity contribution in [3.8, 4) is 17.2 Å². The number of carboxylic acids is 2. The minimum atomic E-state index is -1.61. The molecule has 0 N–H and O–H groups in total. The molecule has 4 aromatic rings. The van der Waals surface area contributed by atoms with Gasteiger partial charge in [-0.25, -0.2) is 4.98 Å². The molecule has 0 aliphatic carbocycles. The van der Waals surface area contributed by atoms with Gasteiger partial charge in [-0.05, 0) is 58.9 Å². The van der Waals surface area contributed by atoms with Crippen LogP contribution in [0.15, 0.2) is 59.0 Å². The number of ether oxygens (including phenoxy) is 1. The molecule has 188 valence electrons. The van der Waals surface area contributed by atoms with Gasteiger partial charge in [0, 0.05) is 5.92 Å². The Morgan fingerprint density at radius 2 is 1.58 bits per heavy atom. The summed E-state index contributed by atoms with van der Waals surface area (Å²) in [6.45, 7) is 6.84. The fourth-order valence-electron chi connectivity index (χ4n) is 4.16. The van der Waals surface area contributed by atoms with Gasteiger partial charge in [-0.3, -0.25) is 0 Å². The topological polar surface area (TPSA) is 116 Å². The predicted molar refractivity (Wildman–Crippen MR) is 133 cm³/mol. The number of benzene rings is 3. The molecule has 3 aromatic carbocycles. The van der Waals surface area contributed by atoms with E-state index in [9.17, 15) is 19.8 Å². The zero-order chi connectivity index (χ0) is 25.9. The number of fused-ring (bicyclic) bond motifs is 2. The fraction of sp³-hybridized carbons (Fsp3) is 0.345. The van der Waals surface area contributed by atoms with Crippen molar-refractivity contribution in [2.45, 2.75) is 51.9 Å². The molecule has 0 fully saturated rings. The molecule has 7 nitrogen and oxygen atoms in total. The molecule has 4 rings (SSSR count). The number of carboxylic acid groups (broad SMARTS) is 2. The van der Waals surface area contributed by atoms with Crippen LogP contribution in [0.25, 0.3) is 33.3 Å². The molecule has 1 heterocycles. The fourth-order valence-corrected chi connectivity index (χ4v) is 4.16. The van der Waals surface area contributed by atoms with E-state index in [-0.39, 0.29) is 71.0 Å². The van der Waals surface area contributed by atoms with E-state index in [2.05, 4.69) is 32.9 Å². The van der Waals surface area contributed by atoms with Crippen molar-refractivity contribution in [2.24, 2.45) is 5.92 Å². The van der Waals surface area contributed by atoms with Gasteiger partial charge in [-0.1, -0.05) is 63.9 Å². The van der Waals surface area contributed by atoms with Crippen LogP contribution < -0.4 is 74.1 Å². The summed E-state index contributed by atoms with van der Waals surface area (Å²) in [6.07, 6.45) is 1.63. The first kappa shape index (κ1) is 32.3. The number of rotatable bonds is 10. The number of hydrogen-bond donors (Lipinski definition) is 0. The second kappa shape index (κ2) is 14.0. The smallest absolute Gasteiger partial charge is 0.549 e. The Bertz CT molecular complexity index is 1400. The molecule has 38 heavy (non-hydrogen) atoms. The number of aliphatic carboxylic acids is 2. The van der Waals surface area contributed by atoms with Gasteiger partial charge in [-0.15, -0.1) is 0 Å². The first-order valence-electron chi connectivity index (χ1n) is 12.1. The molecule has 0 atom stereocenters. The Hall–Kier alpha value is -1.87. The number of aromatic nitrogens is 1. The molecule has 0 spiro atoms. The standard InChI is InChI=1S/C29H31NO6.2Na/c1-29(2,3)20-12-13-24-23(17-20)30-26(36-24)22-15-18-9-6-7-10-19(18)16-25(22)35-14-8-4-5-11-21(27(31)32)28(33)34;;/h6-7,9-10,12-13,15-17,21H,4-5,8,11,14H2,1-3H3,(H,31,32)(H,33,34);;/q;2*+1/p-2. The quantitative estimate of drug-likeness (QED) is 0.132. The maximum absolute atomic E-state index is 10.9. The third-order valence-corrected chi connectivity index (χ3v) is 6.30. The van der Waals surface area contributed by atoms with E-state index in [1.807, 2.05) is 42.5 Å². The van der Waals surface area contributed by atoms with E-state index in [0.29, 0.717) is 43.1 Å². The van der Waals surface area contributed by atoms with Crippen LogP contribution in [-0.4, -0.2) is 23.5 Å². The molecular formula is C29H29NNa2O6. The molecule has 1 aromatic heterocycles. The van der Waals surface area contributed by atoms with Crippen LogP contribution in [-0.2, 0) is 15.0 Å². The van der Waals surface area contributed by atoms with E-state index in [1.165, 1.54) is 5.56 Å². The van der Waals surface area contributed by atoms with Gasteiger partial charge in [0.1, 0.15) is 11.3 Å². The van der Waals surface area contributed by atoms with Crippen molar-refractivity contribution in [1.29, 1.82) is 0 Å². The van der Waals surface area contributed by atoms with Crippen LogP contribution in [0.5, 0.6) is 5.75 Å². The Kier molecular flexibility index (Phi) is 11.9. The van der Waals surface area contributed by atoms with Crippen molar-refractivity contribution < 1.29 is 88.1 Å². The summed E-state index contributed by atoms with van der Waals surface area (Å²) >= 11 is 0. The summed E-state index contributed by atoms with van der Waals surface area (Å²) in [4.78, 5) is 26.5. The minimum absolute atomic E-state index is 0. The van der Waals surface area contributed by atoms with Gasteiger partial charge >= 0.3 is 59.1 Å². The normalized spacial score (nSPS) is 11.3. The second-order valence-electron chi connectivity index (χ2n) is 10.0. The first-order chi connectivity index (χ1) is 17.1. The third kappa shape index (κ3) is 7.84. The zero-order valence-corrected chi connectivity index (χ0v) is 26.7. The summed E-state index contributed by atoms with van der Waals surface area (Å²) < 4.78 is 12.2. The Morgan fingerprint density at radius 1 is 0.921 bits per heavy atom. The van der Waals surface area contributed by atoms with Crippen LogP contribution in [0.4, 0.5) is 0 Å². The molecule has 0 aliphatic heterocycles. The maximum atomic E-state index is 10.9. The Balaban J connectivity index is 0.00000253. The van der Waals surface area contributed by atoms with Crippen molar-refractivity contribution in [3.63, 3.8) is 0 Å². The summed E-state index contributed by atoms with van der Waals surface area (Å²) in [5.74, 6) is -3.70. The van der Waals surface area contributed by atoms with E-state index in [0.717, 1.165) is 21.9 Å². The van der Waals surface area contributed by atoms with Crippen LogP contribution in [0, 0.1) is 5.92 Å². The molecule has 0 saturated carbocycles. The molecule has 9 heteroatoms. The summed E-state index contributed by atoms with van der Waals surface area (Å²) in [7, 11) is 0. The monoisotopic (exact) mass is 533 g/mol. The molecule has 0 amide bonds. The number of carbonyl (C=O) groups excluding carboxylic acids is 2. The Labute approximate surface area is 266 Å². The van der Waals surface area contributed by atoms with Crippen molar-refractivity contribution in [1.82, 2.24) is 4.98 Å². The summed E-state index contributed by atoms with van der Waals surface area (Å²) in [5, 5.41) is 23.8. The van der Waals surface area contributed by atoms with Gasteiger partial charge in [0.25, 0.3) is 0 Å². The van der Waals surface area contributed by atoms with Crippen molar-refractivity contribution in [2.75, 3.05) is 6.61 Å². The van der Waals surface area contributed by atoms with Crippen molar-refractivity contribution >= 4 is 33.8 Å². The Morgan fingerprint density at radius 3 is 2.21 bits per heavy atom. The molecular weight excluding hydrogens is 504 g/mol. The third-order valence-electron chi connectivity index (χ3n) is 6.30. The average molecular weight is 534 g/mol. The number of carbonyl (C=O) groups is 2. The number of hydrogen-bond acceptors (Lipinski definition) is 7. The van der Waals surface area contributed by atoms with Gasteiger partial charge in [-0.2, -0.15) is 0 Å². The molecule has 0 bridgehead atoms. The van der Waals surface area contributed by atoms with Crippen LogP contribution in [0.1, 0.15) is 52.0 Å². The van der Waals surface area contributed by atoms with Crippen LogP contribution >= 0.6 is 0 Å². The van der Waals surface area contributed by atoms with Gasteiger partial charge in [0.15, 0.2) is 5.58 Å². The SMILES string of the molecule is CC(C)(C)c1ccc2oc(-c3cc4ccccc4cc3OCCCCCC(C(=O)[O-])C(=O)[O-])nc2c1.[Na+].[Na+]. The van der Waals surface area contributed by atoms with E-state index in [1.54, 1.807) is 0 Å². The van der Waals surface area contributed by atoms with Gasteiger partial charge < -0.3 is 29.0 Å². The number of unbranched alkanes of at least 4 members (excludes halogenated alkanes) is 2. The maximum Gasteiger partial charge on any atom is 1.00 e. The molecule has 0 unspecified atom stereocenters. The largest absolute Gasteiger partial charge is 1.00 e. The van der Waals surface area contributed by atoms with E-state index >= 15 is 0 Å². The van der Waals surface area contributed by atoms with E-state index < -0.39 is 17.9 Å². The van der Waals surface area contributed by atoms with Gasteiger partial charge in [0.05, 0.1) is 24.1 Å².